The smallest absolute Gasteiger partial charge is 0.264 e. The predicted molar refractivity (Wildman–Crippen MR) is 107 cm³/mol. The van der Waals surface area contributed by atoms with Crippen LogP contribution in [0.15, 0.2) is 18.2 Å². The highest BCUT2D eigenvalue weighted by Crippen LogP contribution is 2.32. The van der Waals surface area contributed by atoms with Crippen molar-refractivity contribution < 1.29 is 33.4 Å². The zero-order chi connectivity index (χ0) is 21.7. The van der Waals surface area contributed by atoms with E-state index in [4.69, 9.17) is 9.47 Å². The molecular formula is C19H20BrN3O7. The molecule has 0 saturated carbocycles. The first-order valence-electron chi connectivity index (χ1n) is 9.30. The van der Waals surface area contributed by atoms with Gasteiger partial charge in [-0.1, -0.05) is 22.0 Å². The van der Waals surface area contributed by atoms with Crippen molar-refractivity contribution in [1.82, 2.24) is 10.2 Å². The lowest BCUT2D eigenvalue weighted by atomic mass is 10.0. The SMILES string of the molecule is O=C1CCC(N2C(=O)c3cccc(NC(=O)COCCOCCBr)c3C2=O)C(=O)N1. The Morgan fingerprint density at radius 1 is 1.13 bits per heavy atom. The van der Waals surface area contributed by atoms with Gasteiger partial charge in [-0.15, -0.1) is 0 Å². The van der Waals surface area contributed by atoms with Gasteiger partial charge in [0.15, 0.2) is 0 Å². The van der Waals surface area contributed by atoms with Crippen molar-refractivity contribution in [2.45, 2.75) is 18.9 Å². The second kappa shape index (κ2) is 9.92. The Bertz CT molecular complexity index is 889. The van der Waals surface area contributed by atoms with Gasteiger partial charge in [0.25, 0.3) is 11.8 Å². The maximum absolute atomic E-state index is 12.9. The number of imide groups is 2. The molecule has 3 rings (SSSR count). The molecule has 1 saturated heterocycles. The van der Waals surface area contributed by atoms with Crippen molar-refractivity contribution in [3.05, 3.63) is 29.3 Å². The molecular weight excluding hydrogens is 462 g/mol. The first kappa shape index (κ1) is 22.1. The molecule has 0 bridgehead atoms. The zero-order valence-corrected chi connectivity index (χ0v) is 17.5. The monoisotopic (exact) mass is 481 g/mol. The first-order valence-corrected chi connectivity index (χ1v) is 10.4. The number of carbonyl (C=O) groups excluding carboxylic acids is 5. The minimum Gasteiger partial charge on any atom is -0.378 e. The summed E-state index contributed by atoms with van der Waals surface area (Å²) in [4.78, 5) is 62.2. The van der Waals surface area contributed by atoms with Gasteiger partial charge in [0.1, 0.15) is 12.6 Å². The minimum atomic E-state index is -1.07. The Balaban J connectivity index is 1.67. The number of piperidine rings is 1. The molecule has 0 radical (unpaired) electrons. The number of hydrogen-bond donors (Lipinski definition) is 2. The second-order valence-corrected chi connectivity index (χ2v) is 7.37. The fourth-order valence-corrected chi connectivity index (χ4v) is 3.47. The van der Waals surface area contributed by atoms with Gasteiger partial charge in [0.05, 0.1) is 36.6 Å². The number of halogens is 1. The molecule has 5 amide bonds. The molecule has 1 atom stereocenters. The molecule has 10 nitrogen and oxygen atoms in total. The number of nitrogens with one attached hydrogen (secondary N) is 2. The van der Waals surface area contributed by atoms with Crippen LogP contribution >= 0.6 is 15.9 Å². The lowest BCUT2D eigenvalue weighted by Gasteiger charge is -2.27. The minimum absolute atomic E-state index is 0.0150. The van der Waals surface area contributed by atoms with Crippen LogP contribution in [-0.4, -0.2) is 72.2 Å². The second-order valence-electron chi connectivity index (χ2n) is 6.58. The number of amides is 5. The molecule has 0 aliphatic carbocycles. The zero-order valence-electron chi connectivity index (χ0n) is 15.9. The van der Waals surface area contributed by atoms with Gasteiger partial charge < -0.3 is 14.8 Å². The molecule has 160 valence electrons. The summed E-state index contributed by atoms with van der Waals surface area (Å²) in [6, 6.07) is 3.41. The maximum atomic E-state index is 12.9. The maximum Gasteiger partial charge on any atom is 0.264 e. The van der Waals surface area contributed by atoms with Crippen molar-refractivity contribution in [3.63, 3.8) is 0 Å². The number of nitrogens with zero attached hydrogens (tertiary/aromatic N) is 1. The molecule has 1 aromatic rings. The summed E-state index contributed by atoms with van der Waals surface area (Å²) in [5.41, 5.74) is 0.262. The number of anilines is 1. The van der Waals surface area contributed by atoms with Gasteiger partial charge in [-0.05, 0) is 18.6 Å². The predicted octanol–water partition coefficient (Wildman–Crippen LogP) is 0.454. The van der Waals surface area contributed by atoms with E-state index in [1.165, 1.54) is 18.2 Å². The fraction of sp³-hybridized carbons (Fsp3) is 0.421. The molecule has 0 spiro atoms. The molecule has 1 fully saturated rings. The van der Waals surface area contributed by atoms with E-state index in [0.717, 1.165) is 4.90 Å². The lowest BCUT2D eigenvalue weighted by molar-refractivity contribution is -0.136. The average molecular weight is 482 g/mol. The molecule has 1 aromatic carbocycles. The third kappa shape index (κ3) is 4.74. The number of ether oxygens (including phenoxy) is 2. The summed E-state index contributed by atoms with van der Waals surface area (Å²) < 4.78 is 10.4. The van der Waals surface area contributed by atoms with Crippen LogP contribution in [0.4, 0.5) is 5.69 Å². The van der Waals surface area contributed by atoms with Crippen LogP contribution < -0.4 is 10.6 Å². The number of rotatable bonds is 9. The highest BCUT2D eigenvalue weighted by molar-refractivity contribution is 9.09. The third-order valence-electron chi connectivity index (χ3n) is 4.57. The Kier molecular flexibility index (Phi) is 7.29. The molecule has 2 heterocycles. The molecule has 11 heteroatoms. The van der Waals surface area contributed by atoms with Crippen molar-refractivity contribution in [1.29, 1.82) is 0 Å². The first-order chi connectivity index (χ1) is 14.4. The van der Waals surface area contributed by atoms with E-state index in [1.807, 2.05) is 0 Å². The Morgan fingerprint density at radius 2 is 1.90 bits per heavy atom. The molecule has 2 N–H and O–H groups in total. The van der Waals surface area contributed by atoms with Crippen LogP contribution in [0.25, 0.3) is 0 Å². The van der Waals surface area contributed by atoms with Crippen molar-refractivity contribution in [2.24, 2.45) is 0 Å². The highest BCUT2D eigenvalue weighted by atomic mass is 79.9. The summed E-state index contributed by atoms with van der Waals surface area (Å²) in [7, 11) is 0. The highest BCUT2D eigenvalue weighted by Gasteiger charge is 2.45. The quantitative estimate of drug-likeness (QED) is 0.297. The van der Waals surface area contributed by atoms with Crippen LogP contribution in [0, 0.1) is 0 Å². The van der Waals surface area contributed by atoms with E-state index in [2.05, 4.69) is 26.6 Å². The van der Waals surface area contributed by atoms with Crippen molar-refractivity contribution in [3.8, 4) is 0 Å². The van der Waals surface area contributed by atoms with E-state index in [1.54, 1.807) is 0 Å². The van der Waals surface area contributed by atoms with E-state index in [9.17, 15) is 24.0 Å². The Morgan fingerprint density at radius 3 is 2.63 bits per heavy atom. The van der Waals surface area contributed by atoms with Crippen LogP contribution in [0.5, 0.6) is 0 Å². The van der Waals surface area contributed by atoms with Crippen LogP contribution in [0.1, 0.15) is 33.6 Å². The Hall–Kier alpha value is -2.63. The summed E-state index contributed by atoms with van der Waals surface area (Å²) in [5, 5.41) is 5.41. The van der Waals surface area contributed by atoms with E-state index >= 15 is 0 Å². The standard InChI is InChI=1S/C19H20BrN3O7/c20-6-7-29-8-9-30-10-15(25)21-12-3-1-2-11-16(12)19(28)23(18(11)27)13-4-5-14(24)22-17(13)26/h1-3,13H,4-10H2,(H,21,25)(H,22,24,26). The van der Waals surface area contributed by atoms with Gasteiger partial charge in [0.2, 0.25) is 17.7 Å². The molecule has 2 aliphatic rings. The summed E-state index contributed by atoms with van der Waals surface area (Å²) >= 11 is 3.23. The normalized spacial score (nSPS) is 18.4. The summed E-state index contributed by atoms with van der Waals surface area (Å²) in [6.45, 7) is 0.855. The Labute approximate surface area is 180 Å². The van der Waals surface area contributed by atoms with Crippen LogP contribution in [0.2, 0.25) is 0 Å². The number of benzene rings is 1. The largest absolute Gasteiger partial charge is 0.378 e. The summed E-state index contributed by atoms with van der Waals surface area (Å²) in [6.07, 6.45) is 0.0902. The molecule has 2 aliphatic heterocycles. The molecule has 1 unspecified atom stereocenters. The average Bonchev–Trinajstić information content (AvgIpc) is 2.96. The van der Waals surface area contributed by atoms with Gasteiger partial charge in [-0.2, -0.15) is 0 Å². The van der Waals surface area contributed by atoms with Gasteiger partial charge in [-0.25, -0.2) is 0 Å². The van der Waals surface area contributed by atoms with Crippen molar-refractivity contribution in [2.75, 3.05) is 37.1 Å². The van der Waals surface area contributed by atoms with Gasteiger partial charge >= 0.3 is 0 Å². The van der Waals surface area contributed by atoms with Crippen molar-refractivity contribution >= 4 is 51.2 Å². The number of carbonyl (C=O) groups is 5. The van der Waals surface area contributed by atoms with Crippen LogP contribution in [0.3, 0.4) is 0 Å². The topological polar surface area (TPSA) is 131 Å². The number of alkyl halides is 1. The van der Waals surface area contributed by atoms with Gasteiger partial charge in [0, 0.05) is 11.8 Å². The number of fused-ring (bicyclic) bond motifs is 1. The third-order valence-corrected chi connectivity index (χ3v) is 4.89. The summed E-state index contributed by atoms with van der Waals surface area (Å²) in [5.74, 6) is -2.96. The molecule has 30 heavy (non-hydrogen) atoms. The molecule has 0 aromatic heterocycles. The van der Waals surface area contributed by atoms with E-state index < -0.39 is 35.6 Å². The van der Waals surface area contributed by atoms with Crippen LogP contribution in [-0.2, 0) is 23.9 Å². The van der Waals surface area contributed by atoms with E-state index in [0.29, 0.717) is 18.5 Å². The fourth-order valence-electron chi connectivity index (χ4n) is 3.24. The lowest BCUT2D eigenvalue weighted by Crippen LogP contribution is -2.54. The number of hydrogen-bond acceptors (Lipinski definition) is 7. The van der Waals surface area contributed by atoms with E-state index in [-0.39, 0.29) is 42.9 Å². The van der Waals surface area contributed by atoms with Gasteiger partial charge in [-0.3, -0.25) is 34.2 Å².